The van der Waals surface area contributed by atoms with Crippen molar-refractivity contribution in [2.75, 3.05) is 5.75 Å². The molecule has 2 amide bonds. The minimum atomic E-state index is -1.12. The second-order valence-electron chi connectivity index (χ2n) is 5.82. The maximum atomic E-state index is 12.2. The lowest BCUT2D eigenvalue weighted by Crippen LogP contribution is -2.69. The molecule has 2 aliphatic heterocycles. The lowest BCUT2D eigenvalue weighted by atomic mass is 10.0. The number of pyridine rings is 1. The Morgan fingerprint density at radius 3 is 3.04 bits per heavy atom. The summed E-state index contributed by atoms with van der Waals surface area (Å²) in [7, 11) is 0. The van der Waals surface area contributed by atoms with E-state index in [1.807, 2.05) is 45.8 Å². The zero-order valence-electron chi connectivity index (χ0n) is 13.0. The lowest BCUT2D eigenvalue weighted by molar-refractivity contribution is -0.662. The first-order valence-corrected chi connectivity index (χ1v) is 8.71. The van der Waals surface area contributed by atoms with Gasteiger partial charge in [0.05, 0.1) is 6.20 Å². The quantitative estimate of drug-likeness (QED) is 0.430. The molecule has 2 aliphatic rings. The van der Waals surface area contributed by atoms with E-state index in [-0.39, 0.29) is 17.0 Å². The van der Waals surface area contributed by atoms with E-state index in [4.69, 9.17) is 0 Å². The first kappa shape index (κ1) is 15.7. The number of fused-ring (bicyclic) bond motifs is 2. The Hall–Kier alpha value is -2.81. The van der Waals surface area contributed by atoms with E-state index in [1.54, 1.807) is 0 Å². The molecule has 2 N–H and O–H groups in total. The smallest absolute Gasteiger partial charge is 0.352 e. The predicted molar refractivity (Wildman–Crippen MR) is 88.3 cm³/mol. The van der Waals surface area contributed by atoms with E-state index in [9.17, 15) is 19.5 Å². The summed E-state index contributed by atoms with van der Waals surface area (Å²) in [4.78, 5) is 35.9. The fourth-order valence-corrected chi connectivity index (χ4v) is 4.63. The number of amides is 2. The SMILES string of the molecule is O=CN[C@@H]1C(=O)N2C(C(=O)O)=C(C[n+]3ccn4ccccc43)CS[C@@H]12. The van der Waals surface area contributed by atoms with Crippen molar-refractivity contribution in [2.45, 2.75) is 18.0 Å². The Kier molecular flexibility index (Phi) is 3.72. The minimum Gasteiger partial charge on any atom is -0.477 e. The summed E-state index contributed by atoms with van der Waals surface area (Å²) in [5.41, 5.74) is 1.64. The van der Waals surface area contributed by atoms with Gasteiger partial charge in [-0.25, -0.2) is 13.8 Å². The highest BCUT2D eigenvalue weighted by Gasteiger charge is 2.53. The number of nitrogens with one attached hydrogen (secondary N) is 1. The molecule has 8 nitrogen and oxygen atoms in total. The van der Waals surface area contributed by atoms with Crippen LogP contribution in [0.3, 0.4) is 0 Å². The number of aliphatic carboxylic acids is 1. The minimum absolute atomic E-state index is 0.0282. The third kappa shape index (κ3) is 2.39. The highest BCUT2D eigenvalue weighted by Crippen LogP contribution is 2.40. The van der Waals surface area contributed by atoms with Crippen molar-refractivity contribution in [3.05, 3.63) is 48.1 Å². The van der Waals surface area contributed by atoms with Crippen LogP contribution in [0.5, 0.6) is 0 Å². The molecular weight excluding hydrogens is 344 g/mol. The second-order valence-corrected chi connectivity index (χ2v) is 6.93. The van der Waals surface area contributed by atoms with Crippen molar-refractivity contribution in [1.29, 1.82) is 0 Å². The number of hydrogen-bond donors (Lipinski definition) is 2. The number of carbonyl (C=O) groups excluding carboxylic acids is 2. The van der Waals surface area contributed by atoms with Crippen LogP contribution >= 0.6 is 11.8 Å². The zero-order chi connectivity index (χ0) is 17.6. The van der Waals surface area contributed by atoms with Gasteiger partial charge in [0.15, 0.2) is 0 Å². The third-order valence-corrected chi connectivity index (χ3v) is 5.77. The summed E-state index contributed by atoms with van der Waals surface area (Å²) in [6.45, 7) is 0.386. The van der Waals surface area contributed by atoms with E-state index < -0.39 is 12.0 Å². The second kappa shape index (κ2) is 5.92. The average Bonchev–Trinajstić information content (AvgIpc) is 3.02. The van der Waals surface area contributed by atoms with Gasteiger partial charge in [-0.1, -0.05) is 6.07 Å². The third-order valence-electron chi connectivity index (χ3n) is 4.43. The first-order valence-electron chi connectivity index (χ1n) is 7.66. The number of rotatable bonds is 5. The highest BCUT2D eigenvalue weighted by atomic mass is 32.2. The maximum absolute atomic E-state index is 12.2. The molecule has 0 unspecified atom stereocenters. The van der Waals surface area contributed by atoms with E-state index in [2.05, 4.69) is 5.32 Å². The Labute approximate surface area is 146 Å². The van der Waals surface area contributed by atoms with Crippen molar-refractivity contribution < 1.29 is 24.1 Å². The van der Waals surface area contributed by atoms with Gasteiger partial charge in [0.25, 0.3) is 11.6 Å². The number of imidazole rings is 1. The Balaban J connectivity index is 1.69. The maximum Gasteiger partial charge on any atom is 0.352 e. The lowest BCUT2D eigenvalue weighted by Gasteiger charge is -2.48. The van der Waals surface area contributed by atoms with E-state index in [1.165, 1.54) is 16.7 Å². The molecule has 0 radical (unpaired) electrons. The molecule has 0 bridgehead atoms. The number of hydrogen-bond acceptors (Lipinski definition) is 4. The molecule has 4 heterocycles. The molecular formula is C16H15N4O4S+. The predicted octanol–water partition coefficient (Wildman–Crippen LogP) is -0.405. The molecule has 0 aliphatic carbocycles. The topological polar surface area (TPSA) is 95.0 Å². The van der Waals surface area contributed by atoms with Crippen molar-refractivity contribution >= 4 is 35.7 Å². The average molecular weight is 359 g/mol. The number of aromatic nitrogens is 2. The Bertz CT molecular complexity index is 922. The van der Waals surface area contributed by atoms with Gasteiger partial charge in [0, 0.05) is 17.4 Å². The van der Waals surface area contributed by atoms with Crippen molar-refractivity contribution in [3.8, 4) is 0 Å². The summed E-state index contributed by atoms with van der Waals surface area (Å²) in [5.74, 6) is -1.02. The number of carbonyl (C=O) groups is 3. The van der Waals surface area contributed by atoms with E-state index in [0.29, 0.717) is 24.3 Å². The van der Waals surface area contributed by atoms with Crippen molar-refractivity contribution in [2.24, 2.45) is 0 Å². The molecule has 128 valence electrons. The van der Waals surface area contributed by atoms with Crippen LogP contribution in [0.1, 0.15) is 0 Å². The monoisotopic (exact) mass is 359 g/mol. The van der Waals surface area contributed by atoms with Gasteiger partial charge in [-0.15, -0.1) is 11.8 Å². The summed E-state index contributed by atoms with van der Waals surface area (Å²) < 4.78 is 3.89. The first-order chi connectivity index (χ1) is 12.1. The van der Waals surface area contributed by atoms with Crippen molar-refractivity contribution in [1.82, 2.24) is 14.6 Å². The van der Waals surface area contributed by atoms with Crippen molar-refractivity contribution in [3.63, 3.8) is 0 Å². The van der Waals surface area contributed by atoms with Crippen LogP contribution in [0.15, 0.2) is 48.1 Å². The van der Waals surface area contributed by atoms with Crippen LogP contribution in [0.4, 0.5) is 0 Å². The molecule has 9 heteroatoms. The normalized spacial score (nSPS) is 22.6. The number of carboxylic acids is 1. The molecule has 0 spiro atoms. The van der Waals surface area contributed by atoms with E-state index in [0.717, 1.165) is 5.65 Å². The van der Waals surface area contributed by atoms with Gasteiger partial charge in [-0.3, -0.25) is 14.5 Å². The summed E-state index contributed by atoms with van der Waals surface area (Å²) in [5, 5.41) is 11.7. The molecule has 0 saturated carbocycles. The van der Waals surface area contributed by atoms with Gasteiger partial charge in [-0.05, 0) is 6.07 Å². The molecule has 0 aromatic carbocycles. The number of β-lactam (4-membered cyclic amide) rings is 1. The van der Waals surface area contributed by atoms with E-state index >= 15 is 0 Å². The molecule has 4 rings (SSSR count). The number of nitrogens with zero attached hydrogens (tertiary/aromatic N) is 3. The molecule has 1 saturated heterocycles. The summed E-state index contributed by atoms with van der Waals surface area (Å²) in [6, 6.07) is 5.12. The molecule has 2 aromatic heterocycles. The Morgan fingerprint density at radius 1 is 1.44 bits per heavy atom. The summed E-state index contributed by atoms with van der Waals surface area (Å²) in [6.07, 6.45) is 6.17. The van der Waals surface area contributed by atoms with Crippen LogP contribution in [0.25, 0.3) is 5.65 Å². The van der Waals surface area contributed by atoms with Crippen LogP contribution in [0, 0.1) is 0 Å². The fourth-order valence-electron chi connectivity index (χ4n) is 3.28. The molecule has 25 heavy (non-hydrogen) atoms. The fraction of sp³-hybridized carbons (Fsp3) is 0.250. The number of thioether (sulfide) groups is 1. The van der Waals surface area contributed by atoms with Gasteiger partial charge in [-0.2, -0.15) is 0 Å². The molecule has 1 fully saturated rings. The highest BCUT2D eigenvalue weighted by molar-refractivity contribution is 8.00. The standard InChI is InChI=1S/C16H14N4O4S/c21-9-17-12-14(22)20-13(16(23)24)10(8-25-15(12)20)7-19-6-5-18-4-2-1-3-11(18)19/h1-6,9,12,15H,7-8H2,(H-,17,21,23,24)/p+1/t12-,15+/m1/s1. The number of carboxylic acid groups (broad SMARTS) is 1. The van der Waals surface area contributed by atoms with Crippen LogP contribution in [-0.2, 0) is 20.9 Å². The van der Waals surface area contributed by atoms with Gasteiger partial charge >= 0.3 is 5.97 Å². The molecule has 2 atom stereocenters. The van der Waals surface area contributed by atoms with Crippen LogP contribution in [0.2, 0.25) is 0 Å². The van der Waals surface area contributed by atoms with Crippen LogP contribution < -0.4 is 9.88 Å². The Morgan fingerprint density at radius 2 is 2.28 bits per heavy atom. The zero-order valence-corrected chi connectivity index (χ0v) is 13.8. The van der Waals surface area contributed by atoms with Gasteiger partial charge < -0.3 is 10.4 Å². The van der Waals surface area contributed by atoms with Gasteiger partial charge in [0.1, 0.15) is 36.1 Å². The molecule has 2 aromatic rings. The largest absolute Gasteiger partial charge is 0.477 e. The summed E-state index contributed by atoms with van der Waals surface area (Å²) >= 11 is 1.46. The van der Waals surface area contributed by atoms with Gasteiger partial charge in [0.2, 0.25) is 6.41 Å². The van der Waals surface area contributed by atoms with Crippen LogP contribution in [-0.4, -0.2) is 49.9 Å².